The van der Waals surface area contributed by atoms with E-state index in [0.29, 0.717) is 16.1 Å². The van der Waals surface area contributed by atoms with E-state index in [4.69, 9.17) is 23.2 Å². The second kappa shape index (κ2) is 7.35. The first kappa shape index (κ1) is 16.4. The summed E-state index contributed by atoms with van der Waals surface area (Å²) in [5, 5.41) is 4.86. The van der Waals surface area contributed by atoms with Gasteiger partial charge in [-0.1, -0.05) is 53.0 Å². The molecule has 0 radical (unpaired) electrons. The number of likely N-dealkylation sites (tertiary alicyclic amines) is 1. The average Bonchev–Trinajstić information content (AvgIpc) is 2.35. The number of halogens is 3. The lowest BCUT2D eigenvalue weighted by Crippen LogP contribution is -2.40. The molecule has 0 spiro atoms. The zero-order valence-electron chi connectivity index (χ0n) is 11.9. The molecule has 1 N–H and O–H groups in total. The summed E-state index contributed by atoms with van der Waals surface area (Å²) in [7, 11) is 0. The molecule has 0 aliphatic carbocycles. The van der Waals surface area contributed by atoms with Gasteiger partial charge in [-0.3, -0.25) is 0 Å². The van der Waals surface area contributed by atoms with Crippen molar-refractivity contribution in [2.75, 3.05) is 25.0 Å². The summed E-state index contributed by atoms with van der Waals surface area (Å²) in [5.41, 5.74) is 0.860. The molecule has 1 saturated heterocycles. The highest BCUT2D eigenvalue weighted by Crippen LogP contribution is 2.35. The normalized spacial score (nSPS) is 17.7. The number of rotatable bonds is 4. The zero-order valence-corrected chi connectivity index (χ0v) is 15.0. The van der Waals surface area contributed by atoms with Crippen molar-refractivity contribution in [3.8, 4) is 0 Å². The van der Waals surface area contributed by atoms with Gasteiger partial charge in [0, 0.05) is 30.1 Å². The fourth-order valence-electron chi connectivity index (χ4n) is 2.66. The van der Waals surface area contributed by atoms with E-state index in [1.165, 1.54) is 6.54 Å². The monoisotopic (exact) mass is 378 g/mol. The smallest absolute Gasteiger partial charge is 0.0721 e. The van der Waals surface area contributed by atoms with Crippen molar-refractivity contribution in [1.82, 2.24) is 4.90 Å². The third-order valence-electron chi connectivity index (χ3n) is 3.57. The Morgan fingerprint density at radius 3 is 2.30 bits per heavy atom. The van der Waals surface area contributed by atoms with Gasteiger partial charge in [-0.25, -0.2) is 0 Å². The molecule has 2 nitrogen and oxygen atoms in total. The minimum absolute atomic E-state index is 0.453. The predicted octanol–water partition coefficient (Wildman–Crippen LogP) is 5.29. The third kappa shape index (κ3) is 4.52. The number of nitrogens with zero attached hydrogens (tertiary/aromatic N) is 1. The van der Waals surface area contributed by atoms with Gasteiger partial charge in [0.25, 0.3) is 0 Å². The largest absolute Gasteiger partial charge is 0.380 e. The van der Waals surface area contributed by atoms with E-state index in [1.807, 2.05) is 12.1 Å². The molecule has 1 aliphatic rings. The van der Waals surface area contributed by atoms with Crippen LogP contribution in [-0.4, -0.2) is 30.6 Å². The molecule has 1 fully saturated rings. The summed E-state index contributed by atoms with van der Waals surface area (Å²) in [5.74, 6) is 0.731. The Balaban J connectivity index is 1.93. The van der Waals surface area contributed by atoms with Crippen molar-refractivity contribution in [3.05, 3.63) is 26.7 Å². The fraction of sp³-hybridized carbons (Fsp3) is 0.600. The Morgan fingerprint density at radius 1 is 1.25 bits per heavy atom. The molecule has 0 saturated carbocycles. The van der Waals surface area contributed by atoms with Crippen LogP contribution in [0.2, 0.25) is 10.0 Å². The van der Waals surface area contributed by atoms with Crippen LogP contribution in [0.3, 0.4) is 0 Å². The van der Waals surface area contributed by atoms with E-state index < -0.39 is 0 Å². The zero-order chi connectivity index (χ0) is 14.7. The summed E-state index contributed by atoms with van der Waals surface area (Å²) in [6, 6.07) is 4.21. The van der Waals surface area contributed by atoms with E-state index in [0.717, 1.165) is 42.0 Å². The van der Waals surface area contributed by atoms with Gasteiger partial charge in [0.05, 0.1) is 15.7 Å². The first-order chi connectivity index (χ1) is 9.45. The lowest BCUT2D eigenvalue weighted by Gasteiger charge is -2.34. The summed E-state index contributed by atoms with van der Waals surface area (Å²) >= 11 is 15.9. The lowest BCUT2D eigenvalue weighted by atomic mass is 10.0. The number of nitrogens with one attached hydrogen (secondary N) is 1. The van der Waals surface area contributed by atoms with Crippen molar-refractivity contribution < 1.29 is 0 Å². The van der Waals surface area contributed by atoms with Gasteiger partial charge in [-0.2, -0.15) is 0 Å². The van der Waals surface area contributed by atoms with Crippen LogP contribution in [0.15, 0.2) is 16.6 Å². The van der Waals surface area contributed by atoms with Gasteiger partial charge >= 0.3 is 0 Å². The van der Waals surface area contributed by atoms with Gasteiger partial charge in [0.1, 0.15) is 0 Å². The molecule has 0 unspecified atom stereocenters. The minimum atomic E-state index is 0.453. The molecule has 1 heterocycles. The second-order valence-electron chi connectivity index (χ2n) is 5.86. The summed E-state index contributed by atoms with van der Waals surface area (Å²) < 4.78 is 0.907. The second-order valence-corrected chi connectivity index (χ2v) is 7.59. The maximum absolute atomic E-state index is 6.26. The SMILES string of the molecule is CC(C)CN1CCC(Nc2c(Cl)cc(Br)cc2Cl)CC1. The van der Waals surface area contributed by atoms with Crippen LogP contribution in [0.4, 0.5) is 5.69 Å². The summed E-state index contributed by atoms with van der Waals surface area (Å²) in [6.07, 6.45) is 2.27. The maximum Gasteiger partial charge on any atom is 0.0721 e. The highest BCUT2D eigenvalue weighted by Gasteiger charge is 2.21. The number of hydrogen-bond acceptors (Lipinski definition) is 2. The first-order valence-corrected chi connectivity index (χ1v) is 8.64. The number of anilines is 1. The molecule has 1 aromatic carbocycles. The molecule has 2 rings (SSSR count). The van der Waals surface area contributed by atoms with Crippen LogP contribution in [-0.2, 0) is 0 Å². The van der Waals surface area contributed by atoms with Gasteiger partial charge in [0.15, 0.2) is 0 Å². The minimum Gasteiger partial charge on any atom is -0.380 e. The molecule has 20 heavy (non-hydrogen) atoms. The quantitative estimate of drug-likeness (QED) is 0.764. The highest BCUT2D eigenvalue weighted by atomic mass is 79.9. The molecule has 0 amide bonds. The predicted molar refractivity (Wildman–Crippen MR) is 92.1 cm³/mol. The lowest BCUT2D eigenvalue weighted by molar-refractivity contribution is 0.198. The molecule has 1 aliphatic heterocycles. The van der Waals surface area contributed by atoms with Crippen LogP contribution >= 0.6 is 39.1 Å². The van der Waals surface area contributed by atoms with Gasteiger partial charge < -0.3 is 10.2 Å². The van der Waals surface area contributed by atoms with Gasteiger partial charge in [0.2, 0.25) is 0 Å². The summed E-state index contributed by atoms with van der Waals surface area (Å²) in [4.78, 5) is 2.54. The van der Waals surface area contributed by atoms with Gasteiger partial charge in [-0.05, 0) is 30.9 Å². The van der Waals surface area contributed by atoms with Gasteiger partial charge in [-0.15, -0.1) is 0 Å². The Bertz CT molecular complexity index is 434. The Hall–Kier alpha value is 0.0400. The molecule has 112 valence electrons. The van der Waals surface area contributed by atoms with E-state index in [2.05, 4.69) is 40.0 Å². The third-order valence-corrected chi connectivity index (χ3v) is 4.62. The van der Waals surface area contributed by atoms with Crippen LogP contribution in [0.5, 0.6) is 0 Å². The molecule has 0 aromatic heterocycles. The highest BCUT2D eigenvalue weighted by molar-refractivity contribution is 9.10. The Morgan fingerprint density at radius 2 is 1.80 bits per heavy atom. The average molecular weight is 380 g/mol. The van der Waals surface area contributed by atoms with Crippen LogP contribution in [0.1, 0.15) is 26.7 Å². The van der Waals surface area contributed by atoms with Crippen LogP contribution in [0, 0.1) is 5.92 Å². The van der Waals surface area contributed by atoms with Crippen molar-refractivity contribution >= 4 is 44.8 Å². The number of piperidine rings is 1. The standard InChI is InChI=1S/C15H21BrCl2N2/c1-10(2)9-20-5-3-12(4-6-20)19-15-13(17)7-11(16)8-14(15)18/h7-8,10,12,19H,3-6,9H2,1-2H3. The molecule has 0 atom stereocenters. The van der Waals surface area contributed by atoms with E-state index in [9.17, 15) is 0 Å². The molecule has 0 bridgehead atoms. The van der Waals surface area contributed by atoms with E-state index >= 15 is 0 Å². The van der Waals surface area contributed by atoms with Crippen LogP contribution in [0.25, 0.3) is 0 Å². The number of hydrogen-bond donors (Lipinski definition) is 1. The molecular formula is C15H21BrCl2N2. The van der Waals surface area contributed by atoms with Crippen molar-refractivity contribution in [2.45, 2.75) is 32.7 Å². The summed E-state index contributed by atoms with van der Waals surface area (Å²) in [6.45, 7) is 8.01. The molecule has 5 heteroatoms. The van der Waals surface area contributed by atoms with E-state index in [1.54, 1.807) is 0 Å². The fourth-order valence-corrected chi connectivity index (χ4v) is 3.98. The molecular weight excluding hydrogens is 359 g/mol. The Kier molecular flexibility index (Phi) is 6.03. The van der Waals surface area contributed by atoms with Crippen molar-refractivity contribution in [3.63, 3.8) is 0 Å². The Labute approximate surface area is 139 Å². The van der Waals surface area contributed by atoms with Crippen LogP contribution < -0.4 is 5.32 Å². The maximum atomic E-state index is 6.26. The topological polar surface area (TPSA) is 15.3 Å². The van der Waals surface area contributed by atoms with Crippen molar-refractivity contribution in [2.24, 2.45) is 5.92 Å². The van der Waals surface area contributed by atoms with E-state index in [-0.39, 0.29) is 0 Å². The molecule has 1 aromatic rings. The van der Waals surface area contributed by atoms with Crippen molar-refractivity contribution in [1.29, 1.82) is 0 Å². The number of benzene rings is 1. The first-order valence-electron chi connectivity index (χ1n) is 7.09.